The van der Waals surface area contributed by atoms with Crippen LogP contribution in [0.3, 0.4) is 0 Å². The van der Waals surface area contributed by atoms with Gasteiger partial charge in [0.1, 0.15) is 0 Å². The van der Waals surface area contributed by atoms with Crippen LogP contribution in [0.5, 0.6) is 0 Å². The number of allylic oxidation sites excluding steroid dienone is 1. The standard InChI is InChI=1S/C19H39NO2/c1-3-4-5-6-7-8-10-13-17(2)14-11-9-12-15-19(22)18(20)16-21/h12,15,17-19,21-22H,3-11,13-14,16,20H2,1-2H3/b15-12+/t17?,18-,19+/m0/s1. The molecule has 0 fully saturated rings. The van der Waals surface area contributed by atoms with Crippen LogP contribution < -0.4 is 5.73 Å². The van der Waals surface area contributed by atoms with Crippen LogP contribution in [0.2, 0.25) is 0 Å². The largest absolute Gasteiger partial charge is 0.395 e. The fraction of sp³-hybridized carbons (Fsp3) is 0.895. The van der Waals surface area contributed by atoms with Crippen molar-refractivity contribution in [2.75, 3.05) is 6.61 Å². The topological polar surface area (TPSA) is 66.5 Å². The molecular weight excluding hydrogens is 274 g/mol. The number of aliphatic hydroxyl groups excluding tert-OH is 2. The molecule has 0 radical (unpaired) electrons. The zero-order chi connectivity index (χ0) is 16.6. The molecule has 0 saturated heterocycles. The molecule has 0 aliphatic carbocycles. The minimum absolute atomic E-state index is 0.180. The Bertz CT molecular complexity index is 256. The first-order valence-electron chi connectivity index (χ1n) is 9.33. The molecule has 0 aliphatic heterocycles. The summed E-state index contributed by atoms with van der Waals surface area (Å²) in [6.45, 7) is 4.43. The second-order valence-corrected chi connectivity index (χ2v) is 6.71. The molecule has 3 nitrogen and oxygen atoms in total. The number of hydrogen-bond acceptors (Lipinski definition) is 3. The average molecular weight is 314 g/mol. The monoisotopic (exact) mass is 313 g/mol. The maximum Gasteiger partial charge on any atom is 0.0894 e. The van der Waals surface area contributed by atoms with Crippen molar-refractivity contribution in [2.45, 2.75) is 96.6 Å². The van der Waals surface area contributed by atoms with Crippen molar-refractivity contribution in [3.63, 3.8) is 0 Å². The van der Waals surface area contributed by atoms with Crippen LogP contribution >= 0.6 is 0 Å². The molecule has 0 bridgehead atoms. The Kier molecular flexibility index (Phi) is 15.2. The Morgan fingerprint density at radius 3 is 2.18 bits per heavy atom. The summed E-state index contributed by atoms with van der Waals surface area (Å²) in [5, 5.41) is 18.4. The Labute approximate surface area is 138 Å². The van der Waals surface area contributed by atoms with Crippen LogP contribution in [-0.4, -0.2) is 29.0 Å². The summed E-state index contributed by atoms with van der Waals surface area (Å²) in [5.74, 6) is 0.800. The number of nitrogens with two attached hydrogens (primary N) is 1. The first kappa shape index (κ1) is 21.6. The molecular formula is C19H39NO2. The zero-order valence-corrected chi connectivity index (χ0v) is 14.8. The molecule has 1 unspecified atom stereocenters. The molecule has 0 spiro atoms. The van der Waals surface area contributed by atoms with Gasteiger partial charge in [0, 0.05) is 0 Å². The molecule has 0 heterocycles. The molecule has 4 N–H and O–H groups in total. The lowest BCUT2D eigenvalue weighted by atomic mass is 9.96. The number of hydrogen-bond donors (Lipinski definition) is 3. The van der Waals surface area contributed by atoms with Gasteiger partial charge in [0.2, 0.25) is 0 Å². The Hall–Kier alpha value is -0.380. The van der Waals surface area contributed by atoms with Crippen molar-refractivity contribution >= 4 is 0 Å². The molecule has 0 aromatic heterocycles. The molecule has 22 heavy (non-hydrogen) atoms. The van der Waals surface area contributed by atoms with E-state index in [-0.39, 0.29) is 6.61 Å². The molecule has 0 aliphatic rings. The molecule has 0 aromatic carbocycles. The molecule has 0 rings (SSSR count). The Morgan fingerprint density at radius 1 is 0.955 bits per heavy atom. The molecule has 0 saturated carbocycles. The van der Waals surface area contributed by atoms with Gasteiger partial charge in [-0.3, -0.25) is 0 Å². The summed E-state index contributed by atoms with van der Waals surface area (Å²) >= 11 is 0. The van der Waals surface area contributed by atoms with Gasteiger partial charge in [-0.25, -0.2) is 0 Å². The lowest BCUT2D eigenvalue weighted by molar-refractivity contribution is 0.144. The highest BCUT2D eigenvalue weighted by molar-refractivity contribution is 4.93. The van der Waals surface area contributed by atoms with E-state index in [0.29, 0.717) is 0 Å². The van der Waals surface area contributed by atoms with Crippen LogP contribution in [0.4, 0.5) is 0 Å². The van der Waals surface area contributed by atoms with Crippen molar-refractivity contribution in [1.29, 1.82) is 0 Å². The highest BCUT2D eigenvalue weighted by Gasteiger charge is 2.08. The van der Waals surface area contributed by atoms with E-state index in [4.69, 9.17) is 10.8 Å². The van der Waals surface area contributed by atoms with Gasteiger partial charge in [0.15, 0.2) is 0 Å². The third-order valence-corrected chi connectivity index (χ3v) is 4.35. The normalized spacial score (nSPS) is 16.0. The van der Waals surface area contributed by atoms with Gasteiger partial charge >= 0.3 is 0 Å². The summed E-state index contributed by atoms with van der Waals surface area (Å²) in [4.78, 5) is 0. The molecule has 3 atom stereocenters. The molecule has 0 aromatic rings. The lowest BCUT2D eigenvalue weighted by Gasteiger charge is -2.12. The summed E-state index contributed by atoms with van der Waals surface area (Å²) in [7, 11) is 0. The van der Waals surface area contributed by atoms with Crippen molar-refractivity contribution < 1.29 is 10.2 Å². The average Bonchev–Trinajstić information content (AvgIpc) is 2.52. The highest BCUT2D eigenvalue weighted by atomic mass is 16.3. The predicted octanol–water partition coefficient (Wildman–Crippen LogP) is 4.17. The van der Waals surface area contributed by atoms with Crippen molar-refractivity contribution in [2.24, 2.45) is 11.7 Å². The van der Waals surface area contributed by atoms with Crippen LogP contribution in [0.15, 0.2) is 12.2 Å². The van der Waals surface area contributed by atoms with Gasteiger partial charge in [0.05, 0.1) is 18.8 Å². The second kappa shape index (κ2) is 15.5. The number of unbranched alkanes of at least 4 members (excludes halogenated alkanes) is 7. The fourth-order valence-corrected chi connectivity index (χ4v) is 2.66. The van der Waals surface area contributed by atoms with E-state index in [2.05, 4.69) is 13.8 Å². The third-order valence-electron chi connectivity index (χ3n) is 4.35. The van der Waals surface area contributed by atoms with Crippen LogP contribution in [0.1, 0.15) is 84.5 Å². The lowest BCUT2D eigenvalue weighted by Crippen LogP contribution is -2.36. The van der Waals surface area contributed by atoms with Gasteiger partial charge in [-0.1, -0.05) is 83.8 Å². The van der Waals surface area contributed by atoms with E-state index >= 15 is 0 Å². The first-order chi connectivity index (χ1) is 10.6. The van der Waals surface area contributed by atoms with E-state index in [9.17, 15) is 5.11 Å². The second-order valence-electron chi connectivity index (χ2n) is 6.71. The SMILES string of the molecule is CCCCCCCCCC(C)CCC/C=C/[C@@H](O)[C@@H](N)CO. The fourth-order valence-electron chi connectivity index (χ4n) is 2.66. The Morgan fingerprint density at radius 2 is 1.55 bits per heavy atom. The van der Waals surface area contributed by atoms with Gasteiger partial charge < -0.3 is 15.9 Å². The zero-order valence-electron chi connectivity index (χ0n) is 14.8. The van der Waals surface area contributed by atoms with Crippen LogP contribution in [0, 0.1) is 5.92 Å². The maximum atomic E-state index is 9.58. The minimum atomic E-state index is -0.727. The molecule has 132 valence electrons. The maximum absolute atomic E-state index is 9.58. The number of aliphatic hydroxyl groups is 2. The van der Waals surface area contributed by atoms with E-state index < -0.39 is 12.1 Å². The van der Waals surface area contributed by atoms with Gasteiger partial charge in [0.25, 0.3) is 0 Å². The molecule has 0 amide bonds. The summed E-state index contributed by atoms with van der Waals surface area (Å²) in [6.07, 6.45) is 17.4. The quantitative estimate of drug-likeness (QED) is 0.314. The number of rotatable bonds is 15. The van der Waals surface area contributed by atoms with E-state index in [1.54, 1.807) is 6.08 Å². The summed E-state index contributed by atoms with van der Waals surface area (Å²) in [5.41, 5.74) is 5.53. The van der Waals surface area contributed by atoms with E-state index in [1.807, 2.05) is 6.08 Å². The first-order valence-corrected chi connectivity index (χ1v) is 9.33. The van der Waals surface area contributed by atoms with E-state index in [1.165, 1.54) is 57.8 Å². The minimum Gasteiger partial charge on any atom is -0.395 e. The smallest absolute Gasteiger partial charge is 0.0894 e. The van der Waals surface area contributed by atoms with Crippen LogP contribution in [0.25, 0.3) is 0 Å². The third kappa shape index (κ3) is 13.3. The highest BCUT2D eigenvalue weighted by Crippen LogP contribution is 2.17. The van der Waals surface area contributed by atoms with Crippen molar-refractivity contribution in [1.82, 2.24) is 0 Å². The van der Waals surface area contributed by atoms with Gasteiger partial charge in [-0.15, -0.1) is 0 Å². The van der Waals surface area contributed by atoms with Crippen molar-refractivity contribution in [3.8, 4) is 0 Å². The van der Waals surface area contributed by atoms with Crippen molar-refractivity contribution in [3.05, 3.63) is 12.2 Å². The van der Waals surface area contributed by atoms with E-state index in [0.717, 1.165) is 18.8 Å². The predicted molar refractivity (Wildman–Crippen MR) is 95.8 cm³/mol. The Balaban J connectivity index is 3.42. The van der Waals surface area contributed by atoms with Crippen LogP contribution in [-0.2, 0) is 0 Å². The summed E-state index contributed by atoms with van der Waals surface area (Å²) < 4.78 is 0. The summed E-state index contributed by atoms with van der Waals surface area (Å²) in [6, 6.07) is -0.563. The molecule has 3 heteroatoms. The van der Waals surface area contributed by atoms with Gasteiger partial charge in [-0.05, 0) is 18.8 Å². The van der Waals surface area contributed by atoms with Gasteiger partial charge in [-0.2, -0.15) is 0 Å².